The zero-order valence-corrected chi connectivity index (χ0v) is 13.9. The normalized spacial score (nSPS) is 17.8. The number of nitrogens with zero attached hydrogens (tertiary/aromatic N) is 1. The lowest BCUT2D eigenvalue weighted by atomic mass is 10.1. The molecule has 0 N–H and O–H groups in total. The van der Waals surface area contributed by atoms with Gasteiger partial charge in [-0.2, -0.15) is 0 Å². The Morgan fingerprint density at radius 2 is 1.83 bits per heavy atom. The van der Waals surface area contributed by atoms with E-state index in [0.717, 1.165) is 11.1 Å². The molecule has 122 valence electrons. The Labute approximate surface area is 145 Å². The van der Waals surface area contributed by atoms with Crippen molar-refractivity contribution in [2.45, 2.75) is 13.0 Å². The van der Waals surface area contributed by atoms with Crippen molar-refractivity contribution in [3.63, 3.8) is 0 Å². The number of halogens is 1. The predicted octanol–water partition coefficient (Wildman–Crippen LogP) is 4.46. The van der Waals surface area contributed by atoms with Crippen LogP contribution in [-0.2, 0) is 9.53 Å². The van der Waals surface area contributed by atoms with Crippen molar-refractivity contribution < 1.29 is 14.3 Å². The average Bonchev–Trinajstić information content (AvgIpc) is 2.98. The first-order valence-corrected chi connectivity index (χ1v) is 7.93. The molecule has 1 fully saturated rings. The van der Waals surface area contributed by atoms with E-state index in [1.165, 1.54) is 4.90 Å². The Balaban J connectivity index is 1.86. The summed E-state index contributed by atoms with van der Waals surface area (Å²) in [6.07, 6.45) is 1.12. The molecule has 3 rings (SSSR count). The molecule has 0 aliphatic carbocycles. The van der Waals surface area contributed by atoms with Gasteiger partial charge in [0.05, 0.1) is 0 Å². The van der Waals surface area contributed by atoms with Crippen LogP contribution in [0.2, 0.25) is 5.02 Å². The van der Waals surface area contributed by atoms with E-state index in [1.807, 2.05) is 42.5 Å². The van der Waals surface area contributed by atoms with Gasteiger partial charge in [-0.3, -0.25) is 4.79 Å². The smallest absolute Gasteiger partial charge is 0.417 e. The molecule has 2 amide bonds. The molecule has 24 heavy (non-hydrogen) atoms. The topological polar surface area (TPSA) is 46.6 Å². The van der Waals surface area contributed by atoms with Gasteiger partial charge in [-0.05, 0) is 36.3 Å². The number of imide groups is 1. The lowest BCUT2D eigenvalue weighted by Crippen LogP contribution is -2.34. The number of ether oxygens (including phenoxy) is 1. The number of amides is 2. The molecule has 0 bridgehead atoms. The third-order valence-corrected chi connectivity index (χ3v) is 4.12. The van der Waals surface area contributed by atoms with Crippen LogP contribution in [0.4, 0.5) is 4.79 Å². The molecule has 0 aromatic heterocycles. The Kier molecular flexibility index (Phi) is 4.67. The van der Waals surface area contributed by atoms with Gasteiger partial charge in [-0.25, -0.2) is 9.69 Å². The van der Waals surface area contributed by atoms with Crippen molar-refractivity contribution in [3.8, 4) is 0 Å². The second-order valence-electron chi connectivity index (χ2n) is 5.56. The number of cyclic esters (lactones) is 1. The molecule has 1 aliphatic heterocycles. The fourth-order valence-corrected chi connectivity index (χ4v) is 2.75. The summed E-state index contributed by atoms with van der Waals surface area (Å²) < 4.78 is 5.09. The van der Waals surface area contributed by atoms with E-state index in [2.05, 4.69) is 0 Å². The van der Waals surface area contributed by atoms with Crippen LogP contribution in [0.3, 0.4) is 0 Å². The van der Waals surface area contributed by atoms with E-state index < -0.39 is 12.1 Å². The van der Waals surface area contributed by atoms with Gasteiger partial charge in [-0.15, -0.1) is 0 Å². The molecular weight excluding hydrogens is 326 g/mol. The fourth-order valence-electron chi connectivity index (χ4n) is 2.63. The van der Waals surface area contributed by atoms with Crippen LogP contribution in [0.25, 0.3) is 6.08 Å². The molecular formula is C19H16ClNO3. The fraction of sp³-hybridized carbons (Fsp3) is 0.158. The van der Waals surface area contributed by atoms with Crippen molar-refractivity contribution in [3.05, 3.63) is 76.3 Å². The van der Waals surface area contributed by atoms with E-state index in [-0.39, 0.29) is 12.5 Å². The van der Waals surface area contributed by atoms with E-state index in [4.69, 9.17) is 16.3 Å². The number of carbonyl (C=O) groups excluding carboxylic acids is 2. The Morgan fingerprint density at radius 1 is 1.17 bits per heavy atom. The monoisotopic (exact) mass is 341 g/mol. The Morgan fingerprint density at radius 3 is 2.50 bits per heavy atom. The van der Waals surface area contributed by atoms with Crippen LogP contribution in [0.1, 0.15) is 24.1 Å². The third kappa shape index (κ3) is 3.34. The van der Waals surface area contributed by atoms with Crippen LogP contribution < -0.4 is 0 Å². The van der Waals surface area contributed by atoms with Crippen molar-refractivity contribution in [1.29, 1.82) is 0 Å². The molecule has 1 atom stereocenters. The van der Waals surface area contributed by atoms with Gasteiger partial charge in [0.2, 0.25) is 0 Å². The highest BCUT2D eigenvalue weighted by Crippen LogP contribution is 2.29. The molecule has 1 unspecified atom stereocenters. The molecule has 2 aromatic rings. The van der Waals surface area contributed by atoms with Crippen molar-refractivity contribution >= 4 is 29.7 Å². The summed E-state index contributed by atoms with van der Waals surface area (Å²) in [5, 5.41) is 0.628. The first-order valence-electron chi connectivity index (χ1n) is 7.55. The number of carbonyl (C=O) groups is 2. The largest absolute Gasteiger partial charge is 0.446 e. The molecule has 0 radical (unpaired) electrons. The minimum absolute atomic E-state index is 0.169. The van der Waals surface area contributed by atoms with Crippen molar-refractivity contribution in [1.82, 2.24) is 4.90 Å². The van der Waals surface area contributed by atoms with Crippen molar-refractivity contribution in [2.24, 2.45) is 0 Å². The van der Waals surface area contributed by atoms with E-state index in [9.17, 15) is 9.59 Å². The molecule has 1 saturated heterocycles. The summed E-state index contributed by atoms with van der Waals surface area (Å²) in [4.78, 5) is 26.0. The maximum absolute atomic E-state index is 12.7. The van der Waals surface area contributed by atoms with Gasteiger partial charge in [0, 0.05) is 10.6 Å². The molecule has 1 heterocycles. The lowest BCUT2D eigenvalue weighted by molar-refractivity contribution is -0.125. The van der Waals surface area contributed by atoms with Gasteiger partial charge in [0.15, 0.2) is 0 Å². The predicted molar refractivity (Wildman–Crippen MR) is 92.5 cm³/mol. The maximum atomic E-state index is 12.7. The van der Waals surface area contributed by atoms with Crippen LogP contribution in [0.15, 0.2) is 60.2 Å². The second kappa shape index (κ2) is 6.89. The van der Waals surface area contributed by atoms with Crippen LogP contribution in [0, 0.1) is 0 Å². The number of hydrogen-bond acceptors (Lipinski definition) is 3. The summed E-state index contributed by atoms with van der Waals surface area (Å²) in [6.45, 7) is 1.85. The Bertz CT molecular complexity index is 784. The zero-order chi connectivity index (χ0) is 17.1. The van der Waals surface area contributed by atoms with Gasteiger partial charge < -0.3 is 4.74 Å². The number of benzene rings is 2. The average molecular weight is 342 g/mol. The number of rotatable bonds is 3. The molecule has 1 aliphatic rings. The molecule has 0 saturated carbocycles. The minimum Gasteiger partial charge on any atom is -0.446 e. The van der Waals surface area contributed by atoms with E-state index in [0.29, 0.717) is 10.6 Å². The zero-order valence-electron chi connectivity index (χ0n) is 13.1. The molecule has 2 aromatic carbocycles. The first kappa shape index (κ1) is 16.3. The van der Waals surface area contributed by atoms with Crippen LogP contribution >= 0.6 is 11.6 Å². The van der Waals surface area contributed by atoms with Gasteiger partial charge in [0.1, 0.15) is 12.6 Å². The summed E-state index contributed by atoms with van der Waals surface area (Å²) >= 11 is 5.86. The van der Waals surface area contributed by atoms with Crippen molar-refractivity contribution in [2.75, 3.05) is 6.61 Å². The van der Waals surface area contributed by atoms with E-state index >= 15 is 0 Å². The highest BCUT2D eigenvalue weighted by molar-refractivity contribution is 6.30. The standard InChI is InChI=1S/C19H16ClNO3/c1-13(11-14-7-9-16(20)10-8-14)18(22)21-17(12-24-19(21)23)15-5-3-2-4-6-15/h2-11,17H,12H2,1H3/b13-11+. The highest BCUT2D eigenvalue weighted by atomic mass is 35.5. The molecule has 4 nitrogen and oxygen atoms in total. The van der Waals surface area contributed by atoms with Crippen LogP contribution in [0.5, 0.6) is 0 Å². The summed E-state index contributed by atoms with van der Waals surface area (Å²) in [7, 11) is 0. The molecule has 0 spiro atoms. The van der Waals surface area contributed by atoms with Gasteiger partial charge >= 0.3 is 6.09 Å². The summed E-state index contributed by atoms with van der Waals surface area (Å²) in [5.41, 5.74) is 2.17. The number of hydrogen-bond donors (Lipinski definition) is 0. The van der Waals surface area contributed by atoms with Gasteiger partial charge in [0.25, 0.3) is 5.91 Å². The first-order chi connectivity index (χ1) is 11.6. The second-order valence-corrected chi connectivity index (χ2v) is 5.99. The maximum Gasteiger partial charge on any atom is 0.417 e. The lowest BCUT2D eigenvalue weighted by Gasteiger charge is -2.20. The van der Waals surface area contributed by atoms with Crippen LogP contribution in [-0.4, -0.2) is 23.5 Å². The third-order valence-electron chi connectivity index (χ3n) is 3.87. The highest BCUT2D eigenvalue weighted by Gasteiger charge is 2.39. The summed E-state index contributed by atoms with van der Waals surface area (Å²) in [6, 6.07) is 16.1. The van der Waals surface area contributed by atoms with E-state index in [1.54, 1.807) is 25.1 Å². The minimum atomic E-state index is -0.613. The quantitative estimate of drug-likeness (QED) is 0.774. The van der Waals surface area contributed by atoms with Gasteiger partial charge in [-0.1, -0.05) is 54.1 Å². The SMILES string of the molecule is C/C(=C\c1ccc(Cl)cc1)C(=O)N1C(=O)OCC1c1ccccc1. The Hall–Kier alpha value is -2.59. The molecule has 5 heteroatoms. The summed E-state index contributed by atoms with van der Waals surface area (Å²) in [5.74, 6) is -0.360.